The Kier molecular flexibility index (Phi) is 6.09. The Bertz CT molecular complexity index is 176. The van der Waals surface area contributed by atoms with Crippen LogP contribution in [0.25, 0.3) is 0 Å². The number of rotatable bonds is 6. The van der Waals surface area contributed by atoms with Crippen LogP contribution < -0.4 is 5.32 Å². The minimum atomic E-state index is -5.42. The lowest BCUT2D eigenvalue weighted by Crippen LogP contribution is -2.44. The molecule has 16 heavy (non-hydrogen) atoms. The molecule has 0 aromatic rings. The van der Waals surface area contributed by atoms with Crippen molar-refractivity contribution in [2.24, 2.45) is 0 Å². The zero-order valence-corrected chi connectivity index (χ0v) is 8.58. The van der Waals surface area contributed by atoms with E-state index in [9.17, 15) is 26.3 Å². The molecule has 0 saturated carbocycles. The Morgan fingerprint density at radius 2 is 1.56 bits per heavy atom. The topological polar surface area (TPSA) is 21.3 Å². The maximum atomic E-state index is 11.9. The molecule has 0 bridgehead atoms. The highest BCUT2D eigenvalue weighted by molar-refractivity contribution is 4.75. The summed E-state index contributed by atoms with van der Waals surface area (Å²) >= 11 is 0. The highest BCUT2D eigenvalue weighted by Crippen LogP contribution is 2.35. The normalized spacial score (nSPS) is 13.5. The van der Waals surface area contributed by atoms with Crippen molar-refractivity contribution in [2.75, 3.05) is 19.7 Å². The molecule has 0 saturated heterocycles. The molecule has 0 heterocycles. The molecule has 0 spiro atoms. The highest BCUT2D eigenvalue weighted by Gasteiger charge is 2.57. The van der Waals surface area contributed by atoms with Crippen LogP contribution >= 0.6 is 0 Å². The molecule has 0 aliphatic rings. The lowest BCUT2D eigenvalue weighted by molar-refractivity contribution is -0.321. The number of hydrogen-bond acceptors (Lipinski definition) is 2. The fraction of sp³-hybridized carbons (Fsp3) is 1.00. The van der Waals surface area contributed by atoms with Gasteiger partial charge in [0.25, 0.3) is 0 Å². The molecule has 2 nitrogen and oxygen atoms in total. The zero-order valence-electron chi connectivity index (χ0n) is 8.58. The molecule has 98 valence electrons. The summed E-state index contributed by atoms with van der Waals surface area (Å²) in [6, 6.07) is 0. The lowest BCUT2D eigenvalue weighted by Gasteiger charge is -2.23. The van der Waals surface area contributed by atoms with Crippen molar-refractivity contribution in [2.45, 2.75) is 31.8 Å². The molecule has 8 heteroatoms. The molecule has 0 aliphatic heterocycles. The van der Waals surface area contributed by atoms with Crippen molar-refractivity contribution < 1.29 is 31.1 Å². The van der Waals surface area contributed by atoms with Crippen molar-refractivity contribution in [3.05, 3.63) is 0 Å². The van der Waals surface area contributed by atoms with Gasteiger partial charge in [-0.05, 0) is 19.5 Å². The second-order valence-corrected chi connectivity index (χ2v) is 3.04. The van der Waals surface area contributed by atoms with Crippen molar-refractivity contribution in [1.82, 2.24) is 5.32 Å². The summed E-state index contributed by atoms with van der Waals surface area (Å²) in [5.74, 6) is 0. The molecular weight excluding hydrogens is 240 g/mol. The van der Waals surface area contributed by atoms with Crippen LogP contribution in [-0.4, -0.2) is 38.2 Å². The standard InChI is InChI=1S/C8H13F6NO/c1-2-15-4-3-5-16-6(7(9,10)11)8(12,13)14/h6,15H,2-5H2,1H3. The summed E-state index contributed by atoms with van der Waals surface area (Å²) in [5, 5.41) is 2.76. The first-order valence-corrected chi connectivity index (χ1v) is 4.65. The number of hydrogen-bond donors (Lipinski definition) is 1. The van der Waals surface area contributed by atoms with Gasteiger partial charge in [-0.1, -0.05) is 6.92 Å². The zero-order chi connectivity index (χ0) is 12.8. The molecule has 1 N–H and O–H groups in total. The third kappa shape index (κ3) is 6.16. The molecule has 0 amide bonds. The predicted molar refractivity (Wildman–Crippen MR) is 45.0 cm³/mol. The average Bonchev–Trinajstić information content (AvgIpc) is 2.06. The highest BCUT2D eigenvalue weighted by atomic mass is 19.4. The number of ether oxygens (including phenoxy) is 1. The molecule has 0 aliphatic carbocycles. The van der Waals surface area contributed by atoms with Gasteiger partial charge in [0.15, 0.2) is 0 Å². The van der Waals surface area contributed by atoms with Gasteiger partial charge in [0.2, 0.25) is 6.10 Å². The second kappa shape index (κ2) is 6.29. The molecule has 0 fully saturated rings. The number of halogens is 6. The Labute approximate surface area is 89.0 Å². The average molecular weight is 253 g/mol. The third-order valence-electron chi connectivity index (χ3n) is 1.63. The van der Waals surface area contributed by atoms with Crippen LogP contribution in [0.4, 0.5) is 26.3 Å². The summed E-state index contributed by atoms with van der Waals surface area (Å²) in [5.41, 5.74) is 0. The van der Waals surface area contributed by atoms with E-state index in [0.717, 1.165) is 0 Å². The summed E-state index contributed by atoms with van der Waals surface area (Å²) < 4.78 is 75.4. The van der Waals surface area contributed by atoms with E-state index in [1.165, 1.54) is 0 Å². The smallest absolute Gasteiger partial charge is 0.361 e. The fourth-order valence-electron chi connectivity index (χ4n) is 0.950. The SMILES string of the molecule is CCNCCCOC(C(F)(F)F)C(F)(F)F. The summed E-state index contributed by atoms with van der Waals surface area (Å²) in [4.78, 5) is 0. The maximum absolute atomic E-state index is 11.9. The number of nitrogens with one attached hydrogen (secondary N) is 1. The Balaban J connectivity index is 4.06. The van der Waals surface area contributed by atoms with Gasteiger partial charge in [0, 0.05) is 6.61 Å². The molecule has 0 atom stereocenters. The van der Waals surface area contributed by atoms with Gasteiger partial charge >= 0.3 is 12.4 Å². The van der Waals surface area contributed by atoms with Crippen LogP contribution in [0, 0.1) is 0 Å². The number of alkyl halides is 6. The van der Waals surface area contributed by atoms with Gasteiger partial charge in [0.1, 0.15) is 0 Å². The molecule has 0 radical (unpaired) electrons. The van der Waals surface area contributed by atoms with Crippen molar-refractivity contribution in [1.29, 1.82) is 0 Å². The van der Waals surface area contributed by atoms with E-state index >= 15 is 0 Å². The van der Waals surface area contributed by atoms with Crippen LogP contribution in [0.3, 0.4) is 0 Å². The minimum absolute atomic E-state index is 0.0938. The second-order valence-electron chi connectivity index (χ2n) is 3.04. The Hall–Kier alpha value is -0.500. The van der Waals surface area contributed by atoms with Crippen molar-refractivity contribution in [3.63, 3.8) is 0 Å². The van der Waals surface area contributed by atoms with E-state index < -0.39 is 25.1 Å². The summed E-state index contributed by atoms with van der Waals surface area (Å²) in [6.45, 7) is 2.10. The molecular formula is C8H13F6NO. The Morgan fingerprint density at radius 1 is 1.06 bits per heavy atom. The van der Waals surface area contributed by atoms with Crippen LogP contribution in [-0.2, 0) is 4.74 Å². The van der Waals surface area contributed by atoms with Crippen LogP contribution in [0.2, 0.25) is 0 Å². The largest absolute Gasteiger partial charge is 0.423 e. The monoisotopic (exact) mass is 253 g/mol. The van der Waals surface area contributed by atoms with E-state index in [1.54, 1.807) is 6.92 Å². The first-order valence-electron chi connectivity index (χ1n) is 4.65. The van der Waals surface area contributed by atoms with Crippen LogP contribution in [0.1, 0.15) is 13.3 Å². The predicted octanol–water partition coefficient (Wildman–Crippen LogP) is 2.50. The molecule has 0 aromatic carbocycles. The first-order chi connectivity index (χ1) is 7.19. The van der Waals surface area contributed by atoms with Gasteiger partial charge in [0.05, 0.1) is 0 Å². The fourth-order valence-corrected chi connectivity index (χ4v) is 0.950. The van der Waals surface area contributed by atoms with Gasteiger partial charge < -0.3 is 10.1 Å². The van der Waals surface area contributed by atoms with E-state index in [-0.39, 0.29) is 6.42 Å². The lowest BCUT2D eigenvalue weighted by atomic mass is 10.3. The van der Waals surface area contributed by atoms with Gasteiger partial charge in [-0.25, -0.2) is 0 Å². The van der Waals surface area contributed by atoms with Gasteiger partial charge in [-0.3, -0.25) is 0 Å². The summed E-state index contributed by atoms with van der Waals surface area (Å²) in [6.07, 6.45) is -14.4. The molecule has 0 aromatic heterocycles. The van der Waals surface area contributed by atoms with E-state index in [2.05, 4.69) is 10.1 Å². The van der Waals surface area contributed by atoms with Crippen molar-refractivity contribution >= 4 is 0 Å². The van der Waals surface area contributed by atoms with E-state index in [1.807, 2.05) is 0 Å². The quantitative estimate of drug-likeness (QED) is 0.580. The summed E-state index contributed by atoms with van der Waals surface area (Å²) in [7, 11) is 0. The Morgan fingerprint density at radius 3 is 1.94 bits per heavy atom. The van der Waals surface area contributed by atoms with Crippen LogP contribution in [0.15, 0.2) is 0 Å². The minimum Gasteiger partial charge on any atom is -0.361 e. The third-order valence-corrected chi connectivity index (χ3v) is 1.63. The molecule has 0 rings (SSSR count). The first kappa shape index (κ1) is 15.5. The maximum Gasteiger partial charge on any atom is 0.423 e. The van der Waals surface area contributed by atoms with E-state index in [4.69, 9.17) is 0 Å². The van der Waals surface area contributed by atoms with Crippen LogP contribution in [0.5, 0.6) is 0 Å². The molecule has 0 unspecified atom stereocenters. The van der Waals surface area contributed by atoms with E-state index in [0.29, 0.717) is 13.1 Å². The van der Waals surface area contributed by atoms with Gasteiger partial charge in [-0.2, -0.15) is 26.3 Å². The van der Waals surface area contributed by atoms with Gasteiger partial charge in [-0.15, -0.1) is 0 Å². The van der Waals surface area contributed by atoms with Crippen molar-refractivity contribution in [3.8, 4) is 0 Å².